The molecular formula is C12H18N2O4. The van der Waals surface area contributed by atoms with Crippen molar-refractivity contribution in [2.24, 2.45) is 7.05 Å². The summed E-state index contributed by atoms with van der Waals surface area (Å²) >= 11 is 0. The first kappa shape index (κ1) is 14.2. The molecule has 0 bridgehead atoms. The fraction of sp³-hybridized carbons (Fsp3) is 0.583. The largest absolute Gasteiger partial charge is 0.459 e. The van der Waals surface area contributed by atoms with Crippen LogP contribution in [-0.4, -0.2) is 33.9 Å². The highest BCUT2D eigenvalue weighted by molar-refractivity contribution is 6.01. The van der Waals surface area contributed by atoms with E-state index in [1.165, 1.54) is 10.9 Å². The molecular weight excluding hydrogens is 236 g/mol. The Labute approximate surface area is 106 Å². The lowest BCUT2D eigenvalue weighted by molar-refractivity contribution is 0.0324. The van der Waals surface area contributed by atoms with Gasteiger partial charge in [0.2, 0.25) is 0 Å². The van der Waals surface area contributed by atoms with Gasteiger partial charge in [-0.2, -0.15) is 5.10 Å². The van der Waals surface area contributed by atoms with E-state index in [4.69, 9.17) is 9.47 Å². The van der Waals surface area contributed by atoms with E-state index in [0.29, 0.717) is 0 Å². The van der Waals surface area contributed by atoms with Crippen LogP contribution in [0, 0.1) is 0 Å². The normalized spacial score (nSPS) is 10.8. The molecule has 0 amide bonds. The van der Waals surface area contributed by atoms with E-state index in [2.05, 4.69) is 5.10 Å². The molecule has 18 heavy (non-hydrogen) atoms. The van der Waals surface area contributed by atoms with Gasteiger partial charge < -0.3 is 9.47 Å². The second kappa shape index (κ2) is 5.66. The van der Waals surface area contributed by atoms with Gasteiger partial charge in [0.05, 0.1) is 12.2 Å². The van der Waals surface area contributed by atoms with Crippen molar-refractivity contribution in [3.8, 4) is 0 Å². The molecule has 0 saturated carbocycles. The number of carbonyl (C=O) groups excluding carboxylic acids is 2. The average Bonchev–Trinajstić information content (AvgIpc) is 2.58. The second-order valence-electron chi connectivity index (χ2n) is 4.47. The van der Waals surface area contributed by atoms with Gasteiger partial charge in [-0.25, -0.2) is 9.59 Å². The highest BCUT2D eigenvalue weighted by atomic mass is 16.5. The third-order valence-electron chi connectivity index (χ3n) is 1.93. The quantitative estimate of drug-likeness (QED) is 0.762. The van der Waals surface area contributed by atoms with Gasteiger partial charge in [-0.3, -0.25) is 4.68 Å². The van der Waals surface area contributed by atoms with Crippen molar-refractivity contribution in [1.29, 1.82) is 0 Å². The molecule has 0 aromatic carbocycles. The summed E-state index contributed by atoms with van der Waals surface area (Å²) in [5.74, 6) is -1.20. The molecule has 1 aromatic heterocycles. The standard InChI is InChI=1S/C12H18N2O4/c1-7(2)17-11(15)9-6-14(5)13-10(9)12(16)18-8(3)4/h6-8H,1-5H3. The predicted octanol–water partition coefficient (Wildman–Crippen LogP) is 1.55. The number of hydrogen-bond donors (Lipinski definition) is 0. The van der Waals surface area contributed by atoms with Crippen molar-refractivity contribution >= 4 is 11.9 Å². The SMILES string of the molecule is CC(C)OC(=O)c1cn(C)nc1C(=O)OC(C)C. The molecule has 0 atom stereocenters. The summed E-state index contributed by atoms with van der Waals surface area (Å²) in [6.45, 7) is 6.93. The lowest BCUT2D eigenvalue weighted by Gasteiger charge is -2.09. The molecule has 0 saturated heterocycles. The monoisotopic (exact) mass is 254 g/mol. The summed E-state index contributed by atoms with van der Waals surface area (Å²) in [4.78, 5) is 23.6. The lowest BCUT2D eigenvalue weighted by Crippen LogP contribution is -2.18. The van der Waals surface area contributed by atoms with Crippen LogP contribution in [0.25, 0.3) is 0 Å². The van der Waals surface area contributed by atoms with Gasteiger partial charge in [0.25, 0.3) is 0 Å². The molecule has 0 aliphatic heterocycles. The van der Waals surface area contributed by atoms with Crippen molar-refractivity contribution in [1.82, 2.24) is 9.78 Å². The Balaban J connectivity index is 2.99. The van der Waals surface area contributed by atoms with Crippen molar-refractivity contribution in [2.45, 2.75) is 39.9 Å². The Bertz CT molecular complexity index is 409. The Morgan fingerprint density at radius 3 is 2.11 bits per heavy atom. The molecule has 1 rings (SSSR count). The number of rotatable bonds is 4. The van der Waals surface area contributed by atoms with Crippen LogP contribution in [0.3, 0.4) is 0 Å². The minimum Gasteiger partial charge on any atom is -0.459 e. The van der Waals surface area contributed by atoms with E-state index in [0.717, 1.165) is 0 Å². The zero-order valence-electron chi connectivity index (χ0n) is 11.3. The fourth-order valence-corrected chi connectivity index (χ4v) is 1.34. The summed E-state index contributed by atoms with van der Waals surface area (Å²) < 4.78 is 11.5. The van der Waals surface area contributed by atoms with Gasteiger partial charge in [0.15, 0.2) is 5.69 Å². The first-order valence-electron chi connectivity index (χ1n) is 5.76. The third kappa shape index (κ3) is 3.58. The van der Waals surface area contributed by atoms with E-state index in [-0.39, 0.29) is 23.5 Å². The molecule has 0 N–H and O–H groups in total. The number of carbonyl (C=O) groups is 2. The molecule has 0 radical (unpaired) electrons. The molecule has 0 aliphatic carbocycles. The summed E-state index contributed by atoms with van der Waals surface area (Å²) in [6.07, 6.45) is 0.918. The van der Waals surface area contributed by atoms with Crippen LogP contribution in [-0.2, 0) is 16.5 Å². The Morgan fingerprint density at radius 1 is 1.11 bits per heavy atom. The number of aromatic nitrogens is 2. The van der Waals surface area contributed by atoms with Crippen molar-refractivity contribution < 1.29 is 19.1 Å². The van der Waals surface area contributed by atoms with E-state index >= 15 is 0 Å². The first-order chi connectivity index (χ1) is 8.31. The van der Waals surface area contributed by atoms with Crippen LogP contribution in [0.4, 0.5) is 0 Å². The van der Waals surface area contributed by atoms with Gasteiger partial charge in [-0.1, -0.05) is 0 Å². The number of hydrogen-bond acceptors (Lipinski definition) is 5. The zero-order chi connectivity index (χ0) is 13.9. The van der Waals surface area contributed by atoms with E-state index in [9.17, 15) is 9.59 Å². The van der Waals surface area contributed by atoms with Crippen molar-refractivity contribution in [3.05, 3.63) is 17.5 Å². The van der Waals surface area contributed by atoms with E-state index in [1.807, 2.05) is 0 Å². The number of ether oxygens (including phenoxy) is 2. The zero-order valence-corrected chi connectivity index (χ0v) is 11.3. The van der Waals surface area contributed by atoms with Gasteiger partial charge in [-0.15, -0.1) is 0 Å². The molecule has 0 aliphatic rings. The molecule has 0 spiro atoms. The van der Waals surface area contributed by atoms with E-state index in [1.54, 1.807) is 34.7 Å². The van der Waals surface area contributed by atoms with Crippen LogP contribution in [0.2, 0.25) is 0 Å². The smallest absolute Gasteiger partial charge is 0.360 e. The maximum absolute atomic E-state index is 11.8. The van der Waals surface area contributed by atoms with Gasteiger partial charge >= 0.3 is 11.9 Å². The molecule has 0 unspecified atom stereocenters. The van der Waals surface area contributed by atoms with Crippen LogP contribution in [0.15, 0.2) is 6.20 Å². The summed E-state index contributed by atoms with van der Waals surface area (Å²) in [6, 6.07) is 0. The number of esters is 2. The predicted molar refractivity (Wildman–Crippen MR) is 64.3 cm³/mol. The Hall–Kier alpha value is -1.85. The third-order valence-corrected chi connectivity index (χ3v) is 1.93. The highest BCUT2D eigenvalue weighted by Crippen LogP contribution is 2.12. The average molecular weight is 254 g/mol. The molecule has 1 heterocycles. The van der Waals surface area contributed by atoms with Crippen LogP contribution in [0.5, 0.6) is 0 Å². The maximum atomic E-state index is 11.8. The second-order valence-corrected chi connectivity index (χ2v) is 4.47. The molecule has 100 valence electrons. The summed E-state index contributed by atoms with van der Waals surface area (Å²) in [7, 11) is 1.62. The molecule has 6 heteroatoms. The van der Waals surface area contributed by atoms with Crippen LogP contribution >= 0.6 is 0 Å². The Morgan fingerprint density at radius 2 is 1.61 bits per heavy atom. The first-order valence-corrected chi connectivity index (χ1v) is 5.76. The molecule has 6 nitrogen and oxygen atoms in total. The van der Waals surface area contributed by atoms with Crippen LogP contribution in [0.1, 0.15) is 48.5 Å². The minimum absolute atomic E-state index is 0.0168. The minimum atomic E-state index is -0.624. The van der Waals surface area contributed by atoms with Gasteiger partial charge in [0.1, 0.15) is 5.56 Å². The topological polar surface area (TPSA) is 70.4 Å². The number of nitrogens with zero attached hydrogens (tertiary/aromatic N) is 2. The Kier molecular flexibility index (Phi) is 4.47. The van der Waals surface area contributed by atoms with Crippen molar-refractivity contribution in [2.75, 3.05) is 0 Å². The fourth-order valence-electron chi connectivity index (χ4n) is 1.34. The molecule has 1 aromatic rings. The summed E-state index contributed by atoms with van der Waals surface area (Å²) in [5, 5.41) is 3.93. The highest BCUT2D eigenvalue weighted by Gasteiger charge is 2.25. The lowest BCUT2D eigenvalue weighted by atomic mass is 10.2. The van der Waals surface area contributed by atoms with Gasteiger partial charge in [-0.05, 0) is 27.7 Å². The van der Waals surface area contributed by atoms with E-state index < -0.39 is 11.9 Å². The maximum Gasteiger partial charge on any atom is 0.360 e. The molecule has 0 fully saturated rings. The van der Waals surface area contributed by atoms with Crippen LogP contribution < -0.4 is 0 Å². The van der Waals surface area contributed by atoms with Crippen molar-refractivity contribution in [3.63, 3.8) is 0 Å². The van der Waals surface area contributed by atoms with Gasteiger partial charge in [0, 0.05) is 13.2 Å². The number of aryl methyl sites for hydroxylation is 1. The summed E-state index contributed by atoms with van der Waals surface area (Å²) in [5.41, 5.74) is 0.105.